The maximum atomic E-state index is 13.9. The van der Waals surface area contributed by atoms with Crippen molar-refractivity contribution >= 4 is 18.0 Å². The molecule has 0 saturated carbocycles. The van der Waals surface area contributed by atoms with Gasteiger partial charge >= 0.3 is 18.0 Å². The number of esters is 2. The molecule has 17 atom stereocenters. The fraction of sp³-hybridized carbons (Fsp3) is 0.717. The number of ether oxygens (including phenoxy) is 8. The van der Waals surface area contributed by atoms with Gasteiger partial charge in [-0.05, 0) is 46.1 Å². The number of hydrogen-bond acceptors (Lipinski definition) is 15. The lowest BCUT2D eigenvalue weighted by Gasteiger charge is -2.50. The minimum Gasteiger partial charge on any atom is -0.490 e. The van der Waals surface area contributed by atoms with Crippen molar-refractivity contribution in [2.45, 2.75) is 168 Å². The first-order chi connectivity index (χ1) is 29.0. The molecule has 352 valence electrons. The van der Waals surface area contributed by atoms with Gasteiger partial charge in [0.15, 0.2) is 18.2 Å². The number of aliphatic hydroxyl groups is 4. The van der Waals surface area contributed by atoms with Gasteiger partial charge in [-0.2, -0.15) is 0 Å². The van der Waals surface area contributed by atoms with Gasteiger partial charge in [-0.3, -0.25) is 4.79 Å². The molecule has 3 aliphatic rings. The molecule has 1 amide bonds. The normalized spacial score (nSPS) is 40.4. The Labute approximate surface area is 367 Å². The minimum absolute atomic E-state index is 0.00324. The Kier molecular flexibility index (Phi) is 20.3. The standard InChI is InChI=1S/C46H73NO15/c1-13-15-35-28(6)39(59-40-22-37(58-32(10)48)43(31(9)57-40)61-45(47)53)23-46(54,62-35)30(8)41(51)29(7)42-36(55-11)17-14-16-24(2)18-26(4)33(49)21-34(50)27(5)19-25(3)20-38(56-12)44(52)60-42/h13-17,19-20,26-31,33-37,39-43,49-51,54H,18,21-23H2,1-12H3,(H2,47,53)/b15-13+,17-14+,24-16+,25-19+,38-20-/t26-,27-,28-,29+,30+,31+,33-,34+,35-,36+,37?,39-,40-,41-,42-,43+,46-/m1/s1. The van der Waals surface area contributed by atoms with Crippen LogP contribution >= 0.6 is 0 Å². The highest BCUT2D eigenvalue weighted by molar-refractivity contribution is 5.87. The van der Waals surface area contributed by atoms with Gasteiger partial charge in [0, 0.05) is 57.0 Å². The first-order valence-corrected chi connectivity index (χ1v) is 21.6. The molecule has 0 aromatic rings. The van der Waals surface area contributed by atoms with Crippen LogP contribution in [0.15, 0.2) is 59.4 Å². The van der Waals surface area contributed by atoms with Crippen LogP contribution in [-0.2, 0) is 47.5 Å². The molecule has 16 heteroatoms. The van der Waals surface area contributed by atoms with E-state index in [0.717, 1.165) is 5.57 Å². The van der Waals surface area contributed by atoms with Crippen molar-refractivity contribution in [3.8, 4) is 0 Å². The summed E-state index contributed by atoms with van der Waals surface area (Å²) >= 11 is 0. The molecule has 6 N–H and O–H groups in total. The van der Waals surface area contributed by atoms with Crippen LogP contribution in [0.2, 0.25) is 0 Å². The van der Waals surface area contributed by atoms with Crippen molar-refractivity contribution in [1.82, 2.24) is 0 Å². The van der Waals surface area contributed by atoms with Crippen LogP contribution in [0, 0.1) is 29.6 Å². The third-order valence-corrected chi connectivity index (χ3v) is 12.3. The average molecular weight is 880 g/mol. The van der Waals surface area contributed by atoms with E-state index in [1.165, 1.54) is 27.2 Å². The molecule has 2 saturated heterocycles. The number of nitrogens with two attached hydrogens (primary N) is 1. The summed E-state index contributed by atoms with van der Waals surface area (Å²) < 4.78 is 47.2. The van der Waals surface area contributed by atoms with Crippen molar-refractivity contribution in [1.29, 1.82) is 0 Å². The maximum Gasteiger partial charge on any atom is 0.404 e. The molecular formula is C46H73NO15. The molecule has 0 aliphatic carbocycles. The molecule has 0 aromatic heterocycles. The van der Waals surface area contributed by atoms with Gasteiger partial charge in [-0.15, -0.1) is 0 Å². The lowest BCUT2D eigenvalue weighted by Crippen LogP contribution is -2.59. The monoisotopic (exact) mass is 879 g/mol. The summed E-state index contributed by atoms with van der Waals surface area (Å²) in [4.78, 5) is 37.6. The van der Waals surface area contributed by atoms with E-state index < -0.39 is 103 Å². The molecular weight excluding hydrogens is 806 g/mol. The number of methoxy groups -OCH3 is 2. The third kappa shape index (κ3) is 14.5. The fourth-order valence-electron chi connectivity index (χ4n) is 8.47. The van der Waals surface area contributed by atoms with Crippen LogP contribution in [0.25, 0.3) is 0 Å². The number of aliphatic hydroxyl groups excluding tert-OH is 3. The first-order valence-electron chi connectivity index (χ1n) is 21.6. The van der Waals surface area contributed by atoms with E-state index in [0.29, 0.717) is 12.0 Å². The summed E-state index contributed by atoms with van der Waals surface area (Å²) in [6.45, 7) is 17.3. The Hall–Kier alpha value is -3.61. The maximum absolute atomic E-state index is 13.9. The molecule has 0 spiro atoms. The van der Waals surface area contributed by atoms with Crippen LogP contribution in [0.4, 0.5) is 4.79 Å². The Bertz CT molecular complexity index is 1640. The van der Waals surface area contributed by atoms with E-state index in [4.69, 9.17) is 43.6 Å². The molecule has 1 unspecified atom stereocenters. The summed E-state index contributed by atoms with van der Waals surface area (Å²) in [7, 11) is 2.79. The highest BCUT2D eigenvalue weighted by Crippen LogP contribution is 2.42. The predicted molar refractivity (Wildman–Crippen MR) is 229 cm³/mol. The van der Waals surface area contributed by atoms with Crippen LogP contribution in [0.3, 0.4) is 0 Å². The van der Waals surface area contributed by atoms with Gasteiger partial charge in [-0.25, -0.2) is 9.59 Å². The summed E-state index contributed by atoms with van der Waals surface area (Å²) in [6.07, 6.45) is 1.72. The number of rotatable bonds is 11. The Morgan fingerprint density at radius 3 is 2.31 bits per heavy atom. The highest BCUT2D eigenvalue weighted by atomic mass is 16.7. The van der Waals surface area contributed by atoms with Crippen molar-refractivity contribution in [3.05, 3.63) is 59.4 Å². The first kappa shape index (κ1) is 52.7. The summed E-state index contributed by atoms with van der Waals surface area (Å²) in [6, 6.07) is 0. The lowest BCUT2D eigenvalue weighted by molar-refractivity contribution is -0.339. The lowest BCUT2D eigenvalue weighted by atomic mass is 9.77. The summed E-state index contributed by atoms with van der Waals surface area (Å²) in [5, 5.41) is 46.5. The smallest absolute Gasteiger partial charge is 0.404 e. The third-order valence-electron chi connectivity index (χ3n) is 12.3. The molecule has 0 radical (unpaired) electrons. The molecule has 3 heterocycles. The second-order valence-corrected chi connectivity index (χ2v) is 17.4. The van der Waals surface area contributed by atoms with E-state index in [9.17, 15) is 34.8 Å². The van der Waals surface area contributed by atoms with Crippen LogP contribution in [0.5, 0.6) is 0 Å². The number of carbonyl (C=O) groups excluding carboxylic acids is 3. The number of allylic oxidation sites excluding steroid dienone is 6. The van der Waals surface area contributed by atoms with Gasteiger partial charge < -0.3 is 64.1 Å². The van der Waals surface area contributed by atoms with Crippen LogP contribution in [-0.4, -0.2) is 126 Å². The number of primary amides is 1. The van der Waals surface area contributed by atoms with E-state index in [2.05, 4.69) is 0 Å². The number of hydrogen-bond donors (Lipinski definition) is 5. The molecule has 3 aliphatic heterocycles. The quantitative estimate of drug-likeness (QED) is 0.105. The Morgan fingerprint density at radius 1 is 1.03 bits per heavy atom. The Balaban J connectivity index is 2.00. The molecule has 3 rings (SSSR count). The Morgan fingerprint density at radius 2 is 1.71 bits per heavy atom. The van der Waals surface area contributed by atoms with Crippen molar-refractivity contribution < 1.29 is 72.7 Å². The second kappa shape index (κ2) is 23.9. The van der Waals surface area contributed by atoms with Crippen molar-refractivity contribution in [2.75, 3.05) is 14.2 Å². The van der Waals surface area contributed by atoms with Crippen molar-refractivity contribution in [3.63, 3.8) is 0 Å². The number of carbonyl (C=O) groups is 3. The molecule has 2 fully saturated rings. The predicted octanol–water partition coefficient (Wildman–Crippen LogP) is 4.92. The van der Waals surface area contributed by atoms with Crippen molar-refractivity contribution in [2.24, 2.45) is 35.3 Å². The van der Waals surface area contributed by atoms with Gasteiger partial charge in [-0.1, -0.05) is 82.2 Å². The molecule has 0 aromatic carbocycles. The zero-order valence-corrected chi connectivity index (χ0v) is 38.5. The molecule has 16 nitrogen and oxygen atoms in total. The van der Waals surface area contributed by atoms with Gasteiger partial charge in [0.2, 0.25) is 5.76 Å². The zero-order chi connectivity index (χ0) is 46.6. The number of amides is 1. The van der Waals surface area contributed by atoms with E-state index in [-0.39, 0.29) is 42.8 Å². The van der Waals surface area contributed by atoms with Gasteiger partial charge in [0.1, 0.15) is 18.3 Å². The zero-order valence-electron chi connectivity index (χ0n) is 38.5. The van der Waals surface area contributed by atoms with Gasteiger partial charge in [0.05, 0.1) is 43.7 Å². The average Bonchev–Trinajstić information content (AvgIpc) is 3.19. The SMILES string of the molecule is C/C=C/[C@H]1O[C@@](O)([C@@H](C)[C@H](O)[C@H](C)[C@H]2OC(=O)/C(OC)=C/C(C)=C/[C@@H](C)[C@@H](O)C[C@@H](O)[C@H](C)C/C(C)=C/C=C/[C@@H]2OC)C[C@@H](O[C@@H]2CC(OC(C)=O)[C@@H](OC(N)=O)[C@H](C)O2)[C@@H]1C. The largest absolute Gasteiger partial charge is 0.490 e. The molecule has 62 heavy (non-hydrogen) atoms. The van der Waals surface area contributed by atoms with E-state index >= 15 is 0 Å². The van der Waals surface area contributed by atoms with Gasteiger partial charge in [0.25, 0.3) is 0 Å². The number of cyclic esters (lactones) is 1. The highest BCUT2D eigenvalue weighted by Gasteiger charge is 2.53. The van der Waals surface area contributed by atoms with Crippen LogP contribution < -0.4 is 5.73 Å². The summed E-state index contributed by atoms with van der Waals surface area (Å²) in [5.41, 5.74) is 6.85. The summed E-state index contributed by atoms with van der Waals surface area (Å²) in [5.74, 6) is -6.31. The van der Waals surface area contributed by atoms with E-state index in [1.807, 2.05) is 40.7 Å². The minimum atomic E-state index is -2.00. The second-order valence-electron chi connectivity index (χ2n) is 17.4. The fourth-order valence-corrected chi connectivity index (χ4v) is 8.47. The van der Waals surface area contributed by atoms with E-state index in [1.54, 1.807) is 58.1 Å². The topological polar surface area (TPSA) is 232 Å². The van der Waals surface area contributed by atoms with Crippen LogP contribution in [0.1, 0.15) is 94.9 Å². The molecule has 0 bridgehead atoms.